The maximum atomic E-state index is 6.38. The van der Waals surface area contributed by atoms with E-state index in [-0.39, 0.29) is 5.38 Å². The van der Waals surface area contributed by atoms with Gasteiger partial charge in [-0.3, -0.25) is 0 Å². The summed E-state index contributed by atoms with van der Waals surface area (Å²) in [4.78, 5) is 0. The standard InChI is InChI=1S/C13H11Cl3O/c1-7-6-10(14)8(2)5-9(7)13(16)11-3-4-12(15)17-11/h3-6,13H,1-2H3. The van der Waals surface area contributed by atoms with Gasteiger partial charge in [-0.1, -0.05) is 17.7 Å². The maximum absolute atomic E-state index is 6.38. The van der Waals surface area contributed by atoms with Gasteiger partial charge in [-0.15, -0.1) is 11.6 Å². The summed E-state index contributed by atoms with van der Waals surface area (Å²) in [5.74, 6) is 0.640. The molecule has 2 aromatic rings. The van der Waals surface area contributed by atoms with E-state index in [4.69, 9.17) is 39.2 Å². The van der Waals surface area contributed by atoms with Gasteiger partial charge < -0.3 is 4.42 Å². The fourth-order valence-electron chi connectivity index (χ4n) is 1.69. The van der Waals surface area contributed by atoms with Crippen molar-refractivity contribution in [1.29, 1.82) is 0 Å². The van der Waals surface area contributed by atoms with E-state index >= 15 is 0 Å². The molecule has 1 heterocycles. The van der Waals surface area contributed by atoms with Crippen molar-refractivity contribution in [2.45, 2.75) is 19.2 Å². The van der Waals surface area contributed by atoms with Gasteiger partial charge >= 0.3 is 0 Å². The van der Waals surface area contributed by atoms with Crippen molar-refractivity contribution in [2.75, 3.05) is 0 Å². The Morgan fingerprint density at radius 1 is 1.06 bits per heavy atom. The molecule has 0 radical (unpaired) electrons. The van der Waals surface area contributed by atoms with Crippen LogP contribution in [0.5, 0.6) is 0 Å². The molecule has 0 aliphatic heterocycles. The molecular weight excluding hydrogens is 279 g/mol. The van der Waals surface area contributed by atoms with Crippen LogP contribution in [0.1, 0.15) is 27.8 Å². The normalized spacial score (nSPS) is 12.8. The van der Waals surface area contributed by atoms with Gasteiger partial charge in [0.2, 0.25) is 0 Å². The molecule has 1 nitrogen and oxygen atoms in total. The second-order valence-electron chi connectivity index (χ2n) is 3.96. The Bertz CT molecular complexity index is 546. The molecule has 17 heavy (non-hydrogen) atoms. The average Bonchev–Trinajstić information content (AvgIpc) is 2.69. The van der Waals surface area contributed by atoms with Crippen LogP contribution >= 0.6 is 34.8 Å². The van der Waals surface area contributed by atoms with Gasteiger partial charge in [-0.2, -0.15) is 0 Å². The van der Waals surface area contributed by atoms with Crippen molar-refractivity contribution in [3.63, 3.8) is 0 Å². The van der Waals surface area contributed by atoms with Gasteiger partial charge in [-0.25, -0.2) is 0 Å². The summed E-state index contributed by atoms with van der Waals surface area (Å²) < 4.78 is 5.33. The third-order valence-corrected chi connectivity index (χ3v) is 3.72. The topological polar surface area (TPSA) is 13.1 Å². The van der Waals surface area contributed by atoms with E-state index in [9.17, 15) is 0 Å². The Morgan fingerprint density at radius 3 is 2.35 bits per heavy atom. The van der Waals surface area contributed by atoms with Crippen LogP contribution in [0.15, 0.2) is 28.7 Å². The minimum atomic E-state index is -0.349. The highest BCUT2D eigenvalue weighted by atomic mass is 35.5. The monoisotopic (exact) mass is 288 g/mol. The average molecular weight is 290 g/mol. The molecule has 0 aliphatic carbocycles. The molecule has 0 fully saturated rings. The van der Waals surface area contributed by atoms with E-state index in [1.54, 1.807) is 12.1 Å². The van der Waals surface area contributed by atoms with Crippen molar-refractivity contribution in [3.8, 4) is 0 Å². The Kier molecular flexibility index (Phi) is 3.72. The Balaban J connectivity index is 2.43. The number of hydrogen-bond donors (Lipinski definition) is 0. The Hall–Kier alpha value is -0.630. The highest BCUT2D eigenvalue weighted by Crippen LogP contribution is 2.35. The number of hydrogen-bond acceptors (Lipinski definition) is 1. The van der Waals surface area contributed by atoms with Crippen molar-refractivity contribution >= 4 is 34.8 Å². The third-order valence-electron chi connectivity index (χ3n) is 2.66. The van der Waals surface area contributed by atoms with Gasteiger partial charge in [0.25, 0.3) is 0 Å². The lowest BCUT2D eigenvalue weighted by Crippen LogP contribution is -1.96. The Morgan fingerprint density at radius 2 is 1.76 bits per heavy atom. The minimum absolute atomic E-state index is 0.342. The first-order valence-electron chi connectivity index (χ1n) is 5.15. The van der Waals surface area contributed by atoms with Gasteiger partial charge in [0.15, 0.2) is 5.22 Å². The van der Waals surface area contributed by atoms with Crippen LogP contribution in [-0.4, -0.2) is 0 Å². The van der Waals surface area contributed by atoms with E-state index in [0.29, 0.717) is 11.0 Å². The second kappa shape index (κ2) is 4.93. The number of furan rings is 1. The number of rotatable bonds is 2. The largest absolute Gasteiger partial charge is 0.448 e. The molecule has 90 valence electrons. The zero-order chi connectivity index (χ0) is 12.6. The third kappa shape index (κ3) is 2.62. The molecule has 0 saturated carbocycles. The lowest BCUT2D eigenvalue weighted by Gasteiger charge is -2.12. The van der Waals surface area contributed by atoms with E-state index in [1.165, 1.54) is 0 Å². The zero-order valence-corrected chi connectivity index (χ0v) is 11.7. The first kappa shape index (κ1) is 12.8. The van der Waals surface area contributed by atoms with E-state index in [0.717, 1.165) is 21.7 Å². The van der Waals surface area contributed by atoms with Crippen LogP contribution < -0.4 is 0 Å². The van der Waals surface area contributed by atoms with Crippen LogP contribution in [-0.2, 0) is 0 Å². The van der Waals surface area contributed by atoms with E-state index in [1.807, 2.05) is 26.0 Å². The molecular formula is C13H11Cl3O. The van der Waals surface area contributed by atoms with Gasteiger partial charge in [0.05, 0.1) is 0 Å². The molecule has 0 spiro atoms. The summed E-state index contributed by atoms with van der Waals surface area (Å²) in [6.45, 7) is 3.92. The molecule has 0 bridgehead atoms. The fourth-order valence-corrected chi connectivity index (χ4v) is 2.42. The van der Waals surface area contributed by atoms with Crippen LogP contribution in [0.25, 0.3) is 0 Å². The van der Waals surface area contributed by atoms with Crippen LogP contribution in [0.2, 0.25) is 10.2 Å². The molecule has 0 amide bonds. The fraction of sp³-hybridized carbons (Fsp3) is 0.231. The lowest BCUT2D eigenvalue weighted by atomic mass is 10.0. The lowest BCUT2D eigenvalue weighted by molar-refractivity contribution is 0.518. The first-order chi connectivity index (χ1) is 7.99. The number of aryl methyl sites for hydroxylation is 2. The molecule has 0 N–H and O–H groups in total. The summed E-state index contributed by atoms with van der Waals surface area (Å²) in [7, 11) is 0. The van der Waals surface area contributed by atoms with Crippen LogP contribution in [0.4, 0.5) is 0 Å². The summed E-state index contributed by atoms with van der Waals surface area (Å²) >= 11 is 18.2. The van der Waals surface area contributed by atoms with E-state index < -0.39 is 0 Å². The molecule has 0 aliphatic rings. The van der Waals surface area contributed by atoms with Crippen molar-refractivity contribution < 1.29 is 4.42 Å². The second-order valence-corrected chi connectivity index (χ2v) is 5.18. The minimum Gasteiger partial charge on any atom is -0.448 e. The van der Waals surface area contributed by atoms with Crippen molar-refractivity contribution in [1.82, 2.24) is 0 Å². The number of benzene rings is 1. The number of alkyl halides is 1. The quantitative estimate of drug-likeness (QED) is 0.662. The molecule has 4 heteroatoms. The summed E-state index contributed by atoms with van der Waals surface area (Å²) in [6.07, 6.45) is 0. The molecule has 1 atom stereocenters. The SMILES string of the molecule is Cc1cc(C(Cl)c2ccc(Cl)o2)c(C)cc1Cl. The summed E-state index contributed by atoms with van der Waals surface area (Å²) in [5, 5.41) is 0.736. The number of halogens is 3. The molecule has 1 unspecified atom stereocenters. The predicted octanol–water partition coefficient (Wildman–Crippen LogP) is 5.53. The van der Waals surface area contributed by atoms with Crippen molar-refractivity contribution in [3.05, 3.63) is 57.0 Å². The van der Waals surface area contributed by atoms with Crippen LogP contribution in [0.3, 0.4) is 0 Å². The van der Waals surface area contributed by atoms with Gasteiger partial charge in [0.1, 0.15) is 11.1 Å². The maximum Gasteiger partial charge on any atom is 0.193 e. The summed E-state index contributed by atoms with van der Waals surface area (Å²) in [6, 6.07) is 7.35. The highest BCUT2D eigenvalue weighted by molar-refractivity contribution is 6.31. The van der Waals surface area contributed by atoms with E-state index in [2.05, 4.69) is 0 Å². The molecule has 1 aromatic heterocycles. The molecule has 0 saturated heterocycles. The first-order valence-corrected chi connectivity index (χ1v) is 6.34. The summed E-state index contributed by atoms with van der Waals surface area (Å²) in [5.41, 5.74) is 3.02. The molecule has 2 rings (SSSR count). The smallest absolute Gasteiger partial charge is 0.193 e. The Labute approximate surface area is 115 Å². The van der Waals surface area contributed by atoms with Gasteiger partial charge in [0, 0.05) is 5.02 Å². The molecule has 1 aromatic carbocycles. The van der Waals surface area contributed by atoms with Crippen molar-refractivity contribution in [2.24, 2.45) is 0 Å². The zero-order valence-electron chi connectivity index (χ0n) is 9.43. The highest BCUT2D eigenvalue weighted by Gasteiger charge is 2.17. The predicted molar refractivity (Wildman–Crippen MR) is 72.3 cm³/mol. The van der Waals surface area contributed by atoms with Gasteiger partial charge in [-0.05, 0) is 60.3 Å². The van der Waals surface area contributed by atoms with Crippen LogP contribution in [0, 0.1) is 13.8 Å².